The van der Waals surface area contributed by atoms with Gasteiger partial charge in [-0.1, -0.05) is 30.7 Å². The fourth-order valence-corrected chi connectivity index (χ4v) is 1.76. The van der Waals surface area contributed by atoms with Gasteiger partial charge in [0.25, 0.3) is 0 Å². The Morgan fingerprint density at radius 2 is 1.89 bits per heavy atom. The lowest BCUT2D eigenvalue weighted by Gasteiger charge is -2.07. The molecule has 3 nitrogen and oxygen atoms in total. The lowest BCUT2D eigenvalue weighted by Crippen LogP contribution is -2.01. The van der Waals surface area contributed by atoms with Crippen LogP contribution in [0.4, 0.5) is 0 Å². The van der Waals surface area contributed by atoms with Crippen LogP contribution in [0.15, 0.2) is 36.4 Å². The predicted molar refractivity (Wildman–Crippen MR) is 73.0 cm³/mol. The van der Waals surface area contributed by atoms with E-state index in [-0.39, 0.29) is 0 Å². The molecule has 0 amide bonds. The Kier molecular flexibility index (Phi) is 4.18. The second-order valence-corrected chi connectivity index (χ2v) is 4.29. The summed E-state index contributed by atoms with van der Waals surface area (Å²) < 4.78 is 5.65. The molecule has 18 heavy (non-hydrogen) atoms. The van der Waals surface area contributed by atoms with Crippen molar-refractivity contribution < 1.29 is 4.74 Å². The Labute approximate surface area is 112 Å². The number of halogens is 1. The monoisotopic (exact) mass is 262 g/mol. The third-order valence-electron chi connectivity index (χ3n) is 2.64. The van der Waals surface area contributed by atoms with Crippen LogP contribution in [-0.2, 0) is 13.0 Å². The number of rotatable bonds is 4. The third-order valence-corrected chi connectivity index (χ3v) is 2.98. The van der Waals surface area contributed by atoms with E-state index in [4.69, 9.17) is 22.1 Å². The maximum absolute atomic E-state index is 5.94. The van der Waals surface area contributed by atoms with Crippen molar-refractivity contribution in [3.8, 4) is 11.6 Å². The maximum atomic E-state index is 5.94. The minimum Gasteiger partial charge on any atom is -0.439 e. The van der Waals surface area contributed by atoms with Gasteiger partial charge < -0.3 is 10.5 Å². The highest BCUT2D eigenvalue weighted by molar-refractivity contribution is 6.31. The minimum atomic E-state index is 0.296. The van der Waals surface area contributed by atoms with Crippen molar-refractivity contribution in [2.75, 3.05) is 0 Å². The first-order chi connectivity index (χ1) is 8.72. The van der Waals surface area contributed by atoms with Crippen LogP contribution < -0.4 is 10.5 Å². The molecule has 0 aliphatic rings. The molecule has 4 heteroatoms. The summed E-state index contributed by atoms with van der Waals surface area (Å²) in [7, 11) is 0. The van der Waals surface area contributed by atoms with E-state index in [1.807, 2.05) is 24.3 Å². The van der Waals surface area contributed by atoms with Crippen molar-refractivity contribution in [2.24, 2.45) is 5.73 Å². The topological polar surface area (TPSA) is 48.1 Å². The Balaban J connectivity index is 2.17. The number of hydrogen-bond donors (Lipinski definition) is 1. The first kappa shape index (κ1) is 12.9. The number of ether oxygens (including phenoxy) is 1. The summed E-state index contributed by atoms with van der Waals surface area (Å²) in [5, 5.41) is 0.561. The Bertz CT molecular complexity index is 526. The minimum absolute atomic E-state index is 0.296. The van der Waals surface area contributed by atoms with Gasteiger partial charge in [-0.2, -0.15) is 0 Å². The summed E-state index contributed by atoms with van der Waals surface area (Å²) >= 11 is 5.94. The number of aryl methyl sites for hydroxylation is 1. The molecule has 0 saturated carbocycles. The number of pyridine rings is 1. The van der Waals surface area contributed by atoms with Gasteiger partial charge in [0.1, 0.15) is 5.75 Å². The molecule has 0 aliphatic heterocycles. The molecule has 2 N–H and O–H groups in total. The average molecular weight is 263 g/mol. The summed E-state index contributed by atoms with van der Waals surface area (Å²) in [6.45, 7) is 2.41. The fourth-order valence-electron chi connectivity index (χ4n) is 1.58. The van der Waals surface area contributed by atoms with Crippen molar-refractivity contribution in [2.45, 2.75) is 19.9 Å². The molecule has 0 bridgehead atoms. The molecule has 1 aromatic carbocycles. The first-order valence-corrected chi connectivity index (χ1v) is 6.23. The van der Waals surface area contributed by atoms with Gasteiger partial charge in [-0.3, -0.25) is 0 Å². The molecule has 0 atom stereocenters. The first-order valence-electron chi connectivity index (χ1n) is 5.85. The van der Waals surface area contributed by atoms with Gasteiger partial charge in [-0.05, 0) is 30.2 Å². The van der Waals surface area contributed by atoms with Crippen molar-refractivity contribution in [1.29, 1.82) is 0 Å². The number of nitrogens with two attached hydrogens (primary N) is 1. The molecule has 0 radical (unpaired) electrons. The van der Waals surface area contributed by atoms with Gasteiger partial charge in [0, 0.05) is 12.6 Å². The van der Waals surface area contributed by atoms with E-state index in [1.165, 1.54) is 5.56 Å². The molecule has 2 rings (SSSR count). The van der Waals surface area contributed by atoms with Crippen LogP contribution in [-0.4, -0.2) is 4.98 Å². The fraction of sp³-hybridized carbons (Fsp3) is 0.214. The predicted octanol–water partition coefficient (Wildman–Crippen LogP) is 3.55. The van der Waals surface area contributed by atoms with Gasteiger partial charge in [-0.25, -0.2) is 4.98 Å². The van der Waals surface area contributed by atoms with Crippen LogP contribution in [0.1, 0.15) is 18.2 Å². The standard InChI is InChI=1S/C14H15ClN2O/c1-2-10-3-5-11(6-4-10)18-14-8-7-12(15)13(9-16)17-14/h3-8H,2,9,16H2,1H3. The zero-order chi connectivity index (χ0) is 13.0. The normalized spacial score (nSPS) is 10.4. The zero-order valence-corrected chi connectivity index (χ0v) is 10.9. The molecular formula is C14H15ClN2O. The van der Waals surface area contributed by atoms with Crippen LogP contribution >= 0.6 is 11.6 Å². The van der Waals surface area contributed by atoms with Gasteiger partial charge in [0.15, 0.2) is 0 Å². The average Bonchev–Trinajstić information content (AvgIpc) is 2.42. The molecule has 0 aliphatic carbocycles. The molecule has 2 aromatic rings. The highest BCUT2D eigenvalue weighted by Gasteiger charge is 2.04. The third kappa shape index (κ3) is 3.00. The van der Waals surface area contributed by atoms with Crippen LogP contribution in [0.25, 0.3) is 0 Å². The van der Waals surface area contributed by atoms with Gasteiger partial charge in [-0.15, -0.1) is 0 Å². The zero-order valence-electron chi connectivity index (χ0n) is 10.2. The van der Waals surface area contributed by atoms with E-state index >= 15 is 0 Å². The Hall–Kier alpha value is -1.58. The summed E-state index contributed by atoms with van der Waals surface area (Å²) in [6, 6.07) is 11.4. The summed E-state index contributed by atoms with van der Waals surface area (Å²) in [6.07, 6.45) is 1.01. The van der Waals surface area contributed by atoms with Crippen molar-refractivity contribution in [3.63, 3.8) is 0 Å². The van der Waals surface area contributed by atoms with E-state index in [0.29, 0.717) is 23.1 Å². The number of hydrogen-bond acceptors (Lipinski definition) is 3. The van der Waals surface area contributed by atoms with E-state index in [1.54, 1.807) is 12.1 Å². The number of nitrogens with zero attached hydrogens (tertiary/aromatic N) is 1. The van der Waals surface area contributed by atoms with Gasteiger partial charge >= 0.3 is 0 Å². The Morgan fingerprint density at radius 1 is 1.17 bits per heavy atom. The van der Waals surface area contributed by atoms with E-state index < -0.39 is 0 Å². The van der Waals surface area contributed by atoms with Crippen LogP contribution in [0.3, 0.4) is 0 Å². The largest absolute Gasteiger partial charge is 0.439 e. The van der Waals surface area contributed by atoms with Crippen LogP contribution in [0.2, 0.25) is 5.02 Å². The summed E-state index contributed by atoms with van der Waals surface area (Å²) in [5.74, 6) is 1.26. The number of benzene rings is 1. The highest BCUT2D eigenvalue weighted by Crippen LogP contribution is 2.23. The van der Waals surface area contributed by atoms with E-state index in [9.17, 15) is 0 Å². The smallest absolute Gasteiger partial charge is 0.219 e. The van der Waals surface area contributed by atoms with Crippen LogP contribution in [0, 0.1) is 0 Å². The van der Waals surface area contributed by atoms with E-state index in [0.717, 1.165) is 12.2 Å². The van der Waals surface area contributed by atoms with Gasteiger partial charge in [0.2, 0.25) is 5.88 Å². The summed E-state index contributed by atoms with van der Waals surface area (Å²) in [5.41, 5.74) is 7.46. The highest BCUT2D eigenvalue weighted by atomic mass is 35.5. The van der Waals surface area contributed by atoms with Crippen molar-refractivity contribution in [1.82, 2.24) is 4.98 Å². The molecule has 94 valence electrons. The number of aromatic nitrogens is 1. The lowest BCUT2D eigenvalue weighted by atomic mass is 10.2. The van der Waals surface area contributed by atoms with Crippen molar-refractivity contribution >= 4 is 11.6 Å². The Morgan fingerprint density at radius 3 is 2.50 bits per heavy atom. The summed E-state index contributed by atoms with van der Waals surface area (Å²) in [4.78, 5) is 4.25. The maximum Gasteiger partial charge on any atom is 0.219 e. The van der Waals surface area contributed by atoms with E-state index in [2.05, 4.69) is 11.9 Å². The van der Waals surface area contributed by atoms with Crippen LogP contribution in [0.5, 0.6) is 11.6 Å². The molecular weight excluding hydrogens is 248 g/mol. The molecule has 0 fully saturated rings. The molecule has 0 spiro atoms. The molecule has 0 unspecified atom stereocenters. The molecule has 1 aromatic heterocycles. The lowest BCUT2D eigenvalue weighted by molar-refractivity contribution is 0.460. The quantitative estimate of drug-likeness (QED) is 0.917. The molecule has 1 heterocycles. The second-order valence-electron chi connectivity index (χ2n) is 3.88. The SMILES string of the molecule is CCc1ccc(Oc2ccc(Cl)c(CN)n2)cc1. The van der Waals surface area contributed by atoms with Crippen molar-refractivity contribution in [3.05, 3.63) is 52.7 Å². The second kappa shape index (κ2) is 5.85. The molecule has 0 saturated heterocycles. The van der Waals surface area contributed by atoms with Gasteiger partial charge in [0.05, 0.1) is 10.7 Å².